The van der Waals surface area contributed by atoms with Crippen LogP contribution in [0.25, 0.3) is 0 Å². The van der Waals surface area contributed by atoms with Gasteiger partial charge < -0.3 is 10.4 Å². The minimum atomic E-state index is 0.0833. The maximum atomic E-state index is 11.9. The Kier molecular flexibility index (Phi) is 4.46. The molecule has 1 saturated carbocycles. The van der Waals surface area contributed by atoms with Crippen molar-refractivity contribution in [2.24, 2.45) is 11.3 Å². The van der Waals surface area contributed by atoms with Gasteiger partial charge in [-0.3, -0.25) is 4.79 Å². The summed E-state index contributed by atoms with van der Waals surface area (Å²) in [7, 11) is 0. The summed E-state index contributed by atoms with van der Waals surface area (Å²) in [5.74, 6) is 6.20. The van der Waals surface area contributed by atoms with E-state index >= 15 is 0 Å². The average molecular weight is 271 g/mol. The number of hydrogen-bond donors (Lipinski definition) is 2. The number of carbonyl (C=O) groups excluding carboxylic acids is 1. The molecule has 1 amide bonds. The Hall–Kier alpha value is -1.79. The Morgan fingerprint density at radius 3 is 2.90 bits per heavy atom. The van der Waals surface area contributed by atoms with E-state index < -0.39 is 0 Å². The van der Waals surface area contributed by atoms with Gasteiger partial charge in [-0.25, -0.2) is 0 Å². The zero-order chi connectivity index (χ0) is 14.6. The van der Waals surface area contributed by atoms with E-state index in [2.05, 4.69) is 31.0 Å². The number of aliphatic hydroxyl groups is 1. The smallest absolute Gasteiger partial charge is 0.223 e. The van der Waals surface area contributed by atoms with E-state index in [1.807, 2.05) is 24.3 Å². The Morgan fingerprint density at radius 2 is 2.25 bits per heavy atom. The molecular weight excluding hydrogens is 250 g/mol. The van der Waals surface area contributed by atoms with Crippen molar-refractivity contribution in [1.29, 1.82) is 0 Å². The van der Waals surface area contributed by atoms with Gasteiger partial charge in [0.1, 0.15) is 0 Å². The molecule has 2 N–H and O–H groups in total. The van der Waals surface area contributed by atoms with Crippen LogP contribution in [0, 0.1) is 23.2 Å². The van der Waals surface area contributed by atoms with Crippen LogP contribution in [0.5, 0.6) is 0 Å². The highest BCUT2D eigenvalue weighted by molar-refractivity contribution is 5.82. The van der Waals surface area contributed by atoms with Crippen LogP contribution < -0.4 is 5.32 Å². The first-order chi connectivity index (χ1) is 9.53. The number of aliphatic hydroxyl groups excluding tert-OH is 1. The highest BCUT2D eigenvalue weighted by atomic mass is 16.2. The zero-order valence-electron chi connectivity index (χ0n) is 12.1. The Bertz CT molecular complexity index is 552. The fraction of sp³-hybridized carbons (Fsp3) is 0.471. The van der Waals surface area contributed by atoms with E-state index in [4.69, 9.17) is 5.11 Å². The molecule has 0 aromatic heterocycles. The lowest BCUT2D eigenvalue weighted by atomic mass is 10.1. The first kappa shape index (κ1) is 14.6. The van der Waals surface area contributed by atoms with Gasteiger partial charge in [-0.15, -0.1) is 0 Å². The molecule has 1 unspecified atom stereocenters. The molecule has 20 heavy (non-hydrogen) atoms. The normalized spacial score (nSPS) is 18.9. The second kappa shape index (κ2) is 6.11. The maximum absolute atomic E-state index is 11.9. The molecular formula is C17H21NO2. The quantitative estimate of drug-likeness (QED) is 0.824. The highest BCUT2D eigenvalue weighted by Gasteiger charge is 2.50. The number of benzene rings is 1. The average Bonchev–Trinajstić information content (AvgIpc) is 3.06. The zero-order valence-corrected chi connectivity index (χ0v) is 12.1. The predicted octanol–water partition coefficient (Wildman–Crippen LogP) is 2.08. The van der Waals surface area contributed by atoms with Crippen molar-refractivity contribution in [3.63, 3.8) is 0 Å². The summed E-state index contributed by atoms with van der Waals surface area (Å²) in [6.45, 7) is 4.87. The minimum absolute atomic E-state index is 0.0833. The van der Waals surface area contributed by atoms with Crippen molar-refractivity contribution in [1.82, 2.24) is 5.32 Å². The van der Waals surface area contributed by atoms with Crippen LogP contribution in [-0.4, -0.2) is 17.6 Å². The molecule has 0 saturated heterocycles. The fourth-order valence-corrected chi connectivity index (χ4v) is 2.21. The van der Waals surface area contributed by atoms with E-state index in [9.17, 15) is 4.79 Å². The summed E-state index contributed by atoms with van der Waals surface area (Å²) in [6.07, 6.45) is 1.46. The number of nitrogens with one attached hydrogen (secondary N) is 1. The third kappa shape index (κ3) is 3.85. The minimum Gasteiger partial charge on any atom is -0.395 e. The lowest BCUT2D eigenvalue weighted by Crippen LogP contribution is -2.26. The van der Waals surface area contributed by atoms with Crippen molar-refractivity contribution >= 4 is 5.91 Å². The summed E-state index contributed by atoms with van der Waals surface area (Å²) in [5, 5.41) is 11.7. The summed E-state index contributed by atoms with van der Waals surface area (Å²) in [6, 6.07) is 7.82. The molecule has 0 radical (unpaired) electrons. The van der Waals surface area contributed by atoms with Gasteiger partial charge >= 0.3 is 0 Å². The lowest BCUT2D eigenvalue weighted by molar-refractivity contribution is -0.123. The Labute approximate surface area is 120 Å². The van der Waals surface area contributed by atoms with Gasteiger partial charge in [-0.2, -0.15) is 0 Å². The van der Waals surface area contributed by atoms with E-state index in [0.29, 0.717) is 13.0 Å². The standard InChI is InChI=1S/C17H21NO2/c1-17(2)11-15(17)16(20)18-12-14-8-5-7-13(10-14)6-3-4-9-19/h5,7-8,10,15,19H,4,9,11-12H2,1-2H3,(H,18,20). The number of hydrogen-bond acceptors (Lipinski definition) is 2. The molecule has 1 aromatic rings. The predicted molar refractivity (Wildman–Crippen MR) is 78.8 cm³/mol. The van der Waals surface area contributed by atoms with Crippen LogP contribution in [0.15, 0.2) is 24.3 Å². The van der Waals surface area contributed by atoms with Crippen molar-refractivity contribution in [2.75, 3.05) is 6.61 Å². The largest absolute Gasteiger partial charge is 0.395 e. The van der Waals surface area contributed by atoms with Crippen molar-refractivity contribution in [3.05, 3.63) is 35.4 Å². The Balaban J connectivity index is 1.89. The maximum Gasteiger partial charge on any atom is 0.223 e. The van der Waals surface area contributed by atoms with Gasteiger partial charge in [0.05, 0.1) is 6.61 Å². The number of rotatable bonds is 4. The van der Waals surface area contributed by atoms with E-state index in [1.165, 1.54) is 0 Å². The molecule has 1 atom stereocenters. The van der Waals surface area contributed by atoms with E-state index in [-0.39, 0.29) is 23.8 Å². The topological polar surface area (TPSA) is 49.3 Å². The monoisotopic (exact) mass is 271 g/mol. The van der Waals surface area contributed by atoms with Crippen LogP contribution in [0.2, 0.25) is 0 Å². The molecule has 0 spiro atoms. The van der Waals surface area contributed by atoms with Gasteiger partial charge in [0.2, 0.25) is 5.91 Å². The third-order valence-corrected chi connectivity index (χ3v) is 3.69. The second-order valence-corrected chi connectivity index (χ2v) is 5.94. The fourth-order valence-electron chi connectivity index (χ4n) is 2.21. The second-order valence-electron chi connectivity index (χ2n) is 5.94. The van der Waals surface area contributed by atoms with Crippen molar-refractivity contribution < 1.29 is 9.90 Å². The molecule has 1 aliphatic carbocycles. The summed E-state index contributed by atoms with van der Waals surface area (Å²) < 4.78 is 0. The summed E-state index contributed by atoms with van der Waals surface area (Å²) in [5.41, 5.74) is 2.13. The van der Waals surface area contributed by atoms with Crippen LogP contribution in [0.4, 0.5) is 0 Å². The summed E-state index contributed by atoms with van der Waals surface area (Å²) >= 11 is 0. The lowest BCUT2D eigenvalue weighted by Gasteiger charge is -2.07. The number of amides is 1. The van der Waals surface area contributed by atoms with Crippen molar-refractivity contribution in [3.8, 4) is 11.8 Å². The van der Waals surface area contributed by atoms with Gasteiger partial charge in [0.25, 0.3) is 0 Å². The van der Waals surface area contributed by atoms with Crippen LogP contribution in [0.3, 0.4) is 0 Å². The molecule has 106 valence electrons. The molecule has 3 nitrogen and oxygen atoms in total. The molecule has 0 aliphatic heterocycles. The molecule has 1 aliphatic rings. The van der Waals surface area contributed by atoms with Crippen LogP contribution in [0.1, 0.15) is 37.8 Å². The SMILES string of the molecule is CC1(C)CC1C(=O)NCc1cccc(C#CCCO)c1. The highest BCUT2D eigenvalue weighted by Crippen LogP contribution is 2.51. The van der Waals surface area contributed by atoms with Gasteiger partial charge in [0.15, 0.2) is 0 Å². The molecule has 1 fully saturated rings. The van der Waals surface area contributed by atoms with Gasteiger partial charge in [-0.1, -0.05) is 37.8 Å². The van der Waals surface area contributed by atoms with Gasteiger partial charge in [0, 0.05) is 24.4 Å². The first-order valence-corrected chi connectivity index (χ1v) is 6.99. The number of carbonyl (C=O) groups is 1. The molecule has 0 bridgehead atoms. The summed E-state index contributed by atoms with van der Waals surface area (Å²) in [4.78, 5) is 11.9. The first-order valence-electron chi connectivity index (χ1n) is 6.99. The Morgan fingerprint density at radius 1 is 1.50 bits per heavy atom. The van der Waals surface area contributed by atoms with E-state index in [0.717, 1.165) is 17.5 Å². The third-order valence-electron chi connectivity index (χ3n) is 3.69. The molecule has 1 aromatic carbocycles. The van der Waals surface area contributed by atoms with Crippen LogP contribution in [-0.2, 0) is 11.3 Å². The van der Waals surface area contributed by atoms with E-state index in [1.54, 1.807) is 0 Å². The molecule has 0 heterocycles. The van der Waals surface area contributed by atoms with Crippen molar-refractivity contribution in [2.45, 2.75) is 33.2 Å². The van der Waals surface area contributed by atoms with Crippen LogP contribution >= 0.6 is 0 Å². The molecule has 2 rings (SSSR count). The molecule has 3 heteroatoms. The van der Waals surface area contributed by atoms with Gasteiger partial charge in [-0.05, 0) is 29.5 Å².